The van der Waals surface area contributed by atoms with Gasteiger partial charge in [0.15, 0.2) is 23.0 Å². The van der Waals surface area contributed by atoms with E-state index in [4.69, 9.17) is 28.8 Å². The standard InChI is InChI=1S/C31H30N2O10S2/c1-39-20-10-16-19-15-33(31(38)29(19)44-24(16)12-22(20)41-3)7-5-27(36)43-9-8-42-23-13-25-17(11-21(23)40-2)18-14-32(6-4-26(34)35)30(37)28(18)45-25/h10-13H,4-9,14-15H2,1-3H3,(H,34,35). The molecular weight excluding hydrogens is 624 g/mol. The summed E-state index contributed by atoms with van der Waals surface area (Å²) in [4.78, 5) is 53.7. The van der Waals surface area contributed by atoms with Crippen LogP contribution in [0.5, 0.6) is 23.0 Å². The largest absolute Gasteiger partial charge is 0.493 e. The summed E-state index contributed by atoms with van der Waals surface area (Å²) in [6.45, 7) is 1.22. The number of hydrogen-bond acceptors (Lipinski definition) is 11. The molecule has 0 unspecified atom stereocenters. The lowest BCUT2D eigenvalue weighted by atomic mass is 10.1. The number of fused-ring (bicyclic) bond motifs is 6. The molecule has 45 heavy (non-hydrogen) atoms. The maximum Gasteiger partial charge on any atom is 0.307 e. The summed E-state index contributed by atoms with van der Waals surface area (Å²) < 4.78 is 29.3. The lowest BCUT2D eigenvalue weighted by molar-refractivity contribution is -0.144. The number of methoxy groups -OCH3 is 3. The van der Waals surface area contributed by atoms with Crippen molar-refractivity contribution in [2.45, 2.75) is 25.9 Å². The van der Waals surface area contributed by atoms with Crippen molar-refractivity contribution in [3.8, 4) is 23.0 Å². The molecule has 0 spiro atoms. The van der Waals surface area contributed by atoms with Crippen molar-refractivity contribution < 1.29 is 48.0 Å². The number of benzene rings is 2. The van der Waals surface area contributed by atoms with E-state index in [9.17, 15) is 19.2 Å². The topological polar surface area (TPSA) is 141 Å². The van der Waals surface area contributed by atoms with Gasteiger partial charge in [-0.15, -0.1) is 22.7 Å². The van der Waals surface area contributed by atoms with E-state index in [1.807, 2.05) is 18.2 Å². The van der Waals surface area contributed by atoms with Crippen LogP contribution < -0.4 is 18.9 Å². The maximum absolute atomic E-state index is 13.0. The van der Waals surface area contributed by atoms with Crippen LogP contribution in [0.1, 0.15) is 43.3 Å². The molecule has 12 nitrogen and oxygen atoms in total. The predicted octanol–water partition coefficient (Wildman–Crippen LogP) is 4.54. The lowest BCUT2D eigenvalue weighted by Gasteiger charge is -2.16. The second kappa shape index (κ2) is 12.4. The van der Waals surface area contributed by atoms with Crippen LogP contribution in [0.2, 0.25) is 0 Å². The Kier molecular flexibility index (Phi) is 8.42. The number of carboxylic acids is 1. The first-order valence-electron chi connectivity index (χ1n) is 14.1. The molecule has 0 radical (unpaired) electrons. The normalized spacial score (nSPS) is 13.8. The Labute approximate surface area is 265 Å². The highest BCUT2D eigenvalue weighted by Gasteiger charge is 2.33. The molecule has 2 aliphatic heterocycles. The van der Waals surface area contributed by atoms with Crippen molar-refractivity contribution in [3.63, 3.8) is 0 Å². The number of thiophene rings is 2. The van der Waals surface area contributed by atoms with Gasteiger partial charge in [-0.05, 0) is 12.1 Å². The molecule has 6 rings (SSSR count). The number of esters is 1. The minimum atomic E-state index is -0.951. The number of carbonyl (C=O) groups is 4. The molecule has 0 fully saturated rings. The number of hydrogen-bond donors (Lipinski definition) is 1. The molecular formula is C31H30N2O10S2. The molecule has 2 aliphatic rings. The molecule has 2 amide bonds. The summed E-state index contributed by atoms with van der Waals surface area (Å²) in [6.07, 6.45) is -0.0657. The van der Waals surface area contributed by atoms with Gasteiger partial charge in [-0.2, -0.15) is 0 Å². The molecule has 0 saturated heterocycles. The second-order valence-corrected chi connectivity index (χ2v) is 12.5. The Morgan fingerprint density at radius 3 is 1.76 bits per heavy atom. The first-order valence-corrected chi connectivity index (χ1v) is 15.7. The zero-order chi connectivity index (χ0) is 31.8. The average Bonchev–Trinajstić information content (AvgIpc) is 3.75. The second-order valence-electron chi connectivity index (χ2n) is 10.4. The minimum Gasteiger partial charge on any atom is -0.493 e. The Balaban J connectivity index is 1.01. The Morgan fingerprint density at radius 1 is 0.733 bits per heavy atom. The third-order valence-electron chi connectivity index (χ3n) is 7.82. The Hall–Kier alpha value is -4.56. The van der Waals surface area contributed by atoms with Gasteiger partial charge in [0, 0.05) is 69.6 Å². The number of carbonyl (C=O) groups excluding carboxylic acids is 3. The van der Waals surface area contributed by atoms with Gasteiger partial charge in [-0.3, -0.25) is 19.2 Å². The number of carboxylic acid groups (broad SMARTS) is 1. The average molecular weight is 655 g/mol. The van der Waals surface area contributed by atoms with E-state index in [0.717, 1.165) is 31.3 Å². The van der Waals surface area contributed by atoms with Gasteiger partial charge in [0.25, 0.3) is 11.8 Å². The number of aliphatic carboxylic acids is 1. The summed E-state index contributed by atoms with van der Waals surface area (Å²) in [5, 5.41) is 10.8. The van der Waals surface area contributed by atoms with E-state index in [0.29, 0.717) is 45.8 Å². The summed E-state index contributed by atoms with van der Waals surface area (Å²) in [5.74, 6) is 0.429. The van der Waals surface area contributed by atoms with E-state index in [-0.39, 0.29) is 51.0 Å². The van der Waals surface area contributed by atoms with E-state index < -0.39 is 11.9 Å². The molecule has 4 aromatic rings. The van der Waals surface area contributed by atoms with Crippen LogP contribution in [0.4, 0.5) is 0 Å². The van der Waals surface area contributed by atoms with Crippen molar-refractivity contribution in [1.29, 1.82) is 0 Å². The van der Waals surface area contributed by atoms with Crippen molar-refractivity contribution in [2.24, 2.45) is 0 Å². The third-order valence-corrected chi connectivity index (χ3v) is 10.2. The molecule has 0 atom stereocenters. The molecule has 14 heteroatoms. The van der Waals surface area contributed by atoms with Gasteiger partial charge >= 0.3 is 11.9 Å². The monoisotopic (exact) mass is 654 g/mol. The van der Waals surface area contributed by atoms with Crippen LogP contribution in [0.25, 0.3) is 20.2 Å². The van der Waals surface area contributed by atoms with Crippen LogP contribution in [0.3, 0.4) is 0 Å². The SMILES string of the molecule is COc1cc2sc3c(c2cc1OC)CN(CCC(=O)OCCOc1cc2sc4c(c2cc1OC)CN(CCC(=O)O)C4=O)C3=O. The van der Waals surface area contributed by atoms with Crippen molar-refractivity contribution in [2.75, 3.05) is 47.6 Å². The first-order chi connectivity index (χ1) is 21.7. The highest BCUT2D eigenvalue weighted by Crippen LogP contribution is 2.44. The fourth-order valence-electron chi connectivity index (χ4n) is 5.57. The van der Waals surface area contributed by atoms with Crippen LogP contribution in [-0.2, 0) is 27.4 Å². The third kappa shape index (κ3) is 5.71. The summed E-state index contributed by atoms with van der Waals surface area (Å²) in [7, 11) is 4.65. The zero-order valence-electron chi connectivity index (χ0n) is 24.8. The summed E-state index contributed by atoms with van der Waals surface area (Å²) in [5.41, 5.74) is 1.77. The number of ether oxygens (including phenoxy) is 5. The van der Waals surface area contributed by atoms with E-state index >= 15 is 0 Å². The minimum absolute atomic E-state index is 0.00550. The maximum atomic E-state index is 13.0. The van der Waals surface area contributed by atoms with Crippen LogP contribution in [-0.4, -0.2) is 86.3 Å². The highest BCUT2D eigenvalue weighted by molar-refractivity contribution is 7.21. The fraction of sp³-hybridized carbons (Fsp3) is 0.355. The molecule has 0 aliphatic carbocycles. The summed E-state index contributed by atoms with van der Waals surface area (Å²) >= 11 is 2.73. The predicted molar refractivity (Wildman–Crippen MR) is 166 cm³/mol. The van der Waals surface area contributed by atoms with Gasteiger partial charge in [-0.1, -0.05) is 0 Å². The first kappa shape index (κ1) is 30.5. The van der Waals surface area contributed by atoms with Crippen LogP contribution in [0.15, 0.2) is 24.3 Å². The fourth-order valence-corrected chi connectivity index (χ4v) is 7.96. The number of amides is 2. The number of rotatable bonds is 13. The molecule has 2 aromatic heterocycles. The summed E-state index contributed by atoms with van der Waals surface area (Å²) in [6, 6.07) is 7.35. The Morgan fingerprint density at radius 2 is 1.22 bits per heavy atom. The molecule has 4 heterocycles. The van der Waals surface area contributed by atoms with Gasteiger partial charge in [0.2, 0.25) is 0 Å². The van der Waals surface area contributed by atoms with Gasteiger partial charge in [-0.25, -0.2) is 0 Å². The van der Waals surface area contributed by atoms with Gasteiger partial charge < -0.3 is 38.6 Å². The van der Waals surface area contributed by atoms with Crippen LogP contribution in [0, 0.1) is 0 Å². The van der Waals surface area contributed by atoms with E-state index in [1.165, 1.54) is 34.7 Å². The van der Waals surface area contributed by atoms with Crippen molar-refractivity contribution in [3.05, 3.63) is 45.1 Å². The smallest absolute Gasteiger partial charge is 0.307 e. The van der Waals surface area contributed by atoms with E-state index in [2.05, 4.69) is 0 Å². The van der Waals surface area contributed by atoms with Gasteiger partial charge in [0.05, 0.1) is 43.9 Å². The van der Waals surface area contributed by atoms with E-state index in [1.54, 1.807) is 25.2 Å². The molecule has 1 N–H and O–H groups in total. The quantitative estimate of drug-likeness (QED) is 0.161. The Bertz CT molecular complexity index is 1850. The molecule has 0 bridgehead atoms. The molecule has 236 valence electrons. The number of nitrogens with zero attached hydrogens (tertiary/aromatic N) is 2. The van der Waals surface area contributed by atoms with Gasteiger partial charge in [0.1, 0.15) is 13.2 Å². The zero-order valence-corrected chi connectivity index (χ0v) is 26.4. The molecule has 0 saturated carbocycles. The van der Waals surface area contributed by atoms with Crippen molar-refractivity contribution in [1.82, 2.24) is 9.80 Å². The molecule has 2 aromatic carbocycles. The highest BCUT2D eigenvalue weighted by atomic mass is 32.1. The van der Waals surface area contributed by atoms with Crippen molar-refractivity contribution >= 4 is 66.6 Å². The van der Waals surface area contributed by atoms with Crippen LogP contribution >= 0.6 is 22.7 Å². The lowest BCUT2D eigenvalue weighted by Crippen LogP contribution is -2.27.